The van der Waals surface area contributed by atoms with E-state index < -0.39 is 11.8 Å². The summed E-state index contributed by atoms with van der Waals surface area (Å²) in [5.41, 5.74) is 4.43. The molecule has 0 saturated carbocycles. The summed E-state index contributed by atoms with van der Waals surface area (Å²) < 4.78 is 11.6. The lowest BCUT2D eigenvalue weighted by Crippen LogP contribution is -2.39. The standard InChI is InChI=1S/C26H25Cl2N3O4/c1-3-34-24-14-18(12-13-23(24)35-16-20-21(27)10-7-11-22(20)28)15-29-31-26(33)25(32)30-17(2)19-8-5-4-6-9-19/h4-15,17H,3,16H2,1-2H3,(H,30,32)(H,31,33)/b29-15-/t17-/m1/s1. The van der Waals surface area contributed by atoms with Crippen molar-refractivity contribution in [2.24, 2.45) is 5.10 Å². The summed E-state index contributed by atoms with van der Waals surface area (Å²) in [6, 6.07) is 19.4. The molecule has 2 N–H and O–H groups in total. The molecule has 9 heteroatoms. The number of nitrogens with one attached hydrogen (secondary N) is 2. The second-order valence-electron chi connectivity index (χ2n) is 7.43. The number of halogens is 2. The number of benzene rings is 3. The van der Waals surface area contributed by atoms with Gasteiger partial charge in [0, 0.05) is 15.6 Å². The number of hydrogen-bond donors (Lipinski definition) is 2. The number of hydrazone groups is 1. The van der Waals surface area contributed by atoms with Crippen LogP contribution in [0.5, 0.6) is 11.5 Å². The summed E-state index contributed by atoms with van der Waals surface area (Å²) in [6.45, 7) is 4.23. The van der Waals surface area contributed by atoms with Crippen molar-refractivity contribution in [3.63, 3.8) is 0 Å². The van der Waals surface area contributed by atoms with Gasteiger partial charge in [-0.1, -0.05) is 59.6 Å². The van der Waals surface area contributed by atoms with Crippen LogP contribution in [0, 0.1) is 0 Å². The number of carbonyl (C=O) groups excluding carboxylic acids is 2. The van der Waals surface area contributed by atoms with Crippen LogP contribution in [0.15, 0.2) is 71.8 Å². The van der Waals surface area contributed by atoms with Crippen molar-refractivity contribution in [2.75, 3.05) is 6.61 Å². The highest BCUT2D eigenvalue weighted by atomic mass is 35.5. The molecule has 0 aliphatic carbocycles. The van der Waals surface area contributed by atoms with Crippen molar-refractivity contribution in [1.29, 1.82) is 0 Å². The van der Waals surface area contributed by atoms with E-state index in [2.05, 4.69) is 15.8 Å². The fourth-order valence-corrected chi connectivity index (χ4v) is 3.62. The Labute approximate surface area is 214 Å². The Morgan fingerprint density at radius 3 is 2.34 bits per heavy atom. The molecule has 7 nitrogen and oxygen atoms in total. The van der Waals surface area contributed by atoms with E-state index in [1.54, 1.807) is 43.3 Å². The Balaban J connectivity index is 1.60. The Bertz CT molecular complexity index is 1180. The highest BCUT2D eigenvalue weighted by Crippen LogP contribution is 2.31. The normalized spacial score (nSPS) is 11.7. The number of ether oxygens (including phenoxy) is 2. The molecule has 0 radical (unpaired) electrons. The summed E-state index contributed by atoms with van der Waals surface area (Å²) in [6.07, 6.45) is 1.41. The molecule has 0 fully saturated rings. The zero-order valence-electron chi connectivity index (χ0n) is 19.3. The third-order valence-corrected chi connectivity index (χ3v) is 5.64. The third-order valence-electron chi connectivity index (χ3n) is 4.93. The smallest absolute Gasteiger partial charge is 0.329 e. The second-order valence-corrected chi connectivity index (χ2v) is 8.25. The average molecular weight is 514 g/mol. The summed E-state index contributed by atoms with van der Waals surface area (Å²) in [7, 11) is 0. The van der Waals surface area contributed by atoms with Gasteiger partial charge in [-0.2, -0.15) is 5.10 Å². The van der Waals surface area contributed by atoms with Crippen LogP contribution >= 0.6 is 23.2 Å². The average Bonchev–Trinajstić information content (AvgIpc) is 2.85. The van der Waals surface area contributed by atoms with Gasteiger partial charge in [-0.25, -0.2) is 5.43 Å². The molecule has 182 valence electrons. The topological polar surface area (TPSA) is 89.0 Å². The fourth-order valence-electron chi connectivity index (χ4n) is 3.12. The Kier molecular flexibility index (Phi) is 9.52. The lowest BCUT2D eigenvalue weighted by atomic mass is 10.1. The van der Waals surface area contributed by atoms with E-state index in [4.69, 9.17) is 32.7 Å². The molecule has 0 saturated heterocycles. The maximum atomic E-state index is 12.1. The van der Waals surface area contributed by atoms with Gasteiger partial charge in [-0.3, -0.25) is 9.59 Å². The number of nitrogens with zero attached hydrogens (tertiary/aromatic N) is 1. The SMILES string of the molecule is CCOc1cc(/C=N\NC(=O)C(=O)N[C@H](C)c2ccccc2)ccc1OCc1c(Cl)cccc1Cl. The van der Waals surface area contributed by atoms with E-state index in [9.17, 15) is 9.59 Å². The first-order valence-electron chi connectivity index (χ1n) is 10.9. The number of rotatable bonds is 9. The minimum atomic E-state index is -0.870. The molecule has 0 aromatic heterocycles. The summed E-state index contributed by atoms with van der Waals surface area (Å²) in [5, 5.41) is 7.53. The predicted octanol–water partition coefficient (Wildman–Crippen LogP) is 5.30. The van der Waals surface area contributed by atoms with Crippen molar-refractivity contribution < 1.29 is 19.1 Å². The molecule has 3 aromatic carbocycles. The summed E-state index contributed by atoms with van der Waals surface area (Å²) in [5.74, 6) is -0.667. The molecule has 35 heavy (non-hydrogen) atoms. The van der Waals surface area contributed by atoms with Crippen LogP contribution in [0.3, 0.4) is 0 Å². The van der Waals surface area contributed by atoms with Crippen molar-refractivity contribution in [1.82, 2.24) is 10.7 Å². The van der Waals surface area contributed by atoms with Crippen LogP contribution in [0.1, 0.15) is 36.6 Å². The zero-order valence-corrected chi connectivity index (χ0v) is 20.8. The minimum Gasteiger partial charge on any atom is -0.490 e. The Hall–Kier alpha value is -3.55. The highest BCUT2D eigenvalue weighted by molar-refractivity contribution is 6.36. The molecular weight excluding hydrogens is 489 g/mol. The third kappa shape index (κ3) is 7.47. The van der Waals surface area contributed by atoms with Gasteiger partial charge in [0.2, 0.25) is 0 Å². The van der Waals surface area contributed by atoms with Crippen LogP contribution < -0.4 is 20.2 Å². The maximum Gasteiger partial charge on any atom is 0.329 e. The molecule has 0 aliphatic rings. The van der Waals surface area contributed by atoms with E-state index in [0.29, 0.717) is 39.3 Å². The Morgan fingerprint density at radius 1 is 0.943 bits per heavy atom. The largest absolute Gasteiger partial charge is 0.490 e. The van der Waals surface area contributed by atoms with Crippen LogP contribution in [-0.2, 0) is 16.2 Å². The van der Waals surface area contributed by atoms with Crippen molar-refractivity contribution in [3.8, 4) is 11.5 Å². The molecule has 2 amide bonds. The van der Waals surface area contributed by atoms with Crippen LogP contribution in [-0.4, -0.2) is 24.6 Å². The molecule has 0 bridgehead atoms. The van der Waals surface area contributed by atoms with Crippen LogP contribution in [0.2, 0.25) is 10.0 Å². The lowest BCUT2D eigenvalue weighted by Gasteiger charge is -2.14. The zero-order chi connectivity index (χ0) is 25.2. The van der Waals surface area contributed by atoms with Gasteiger partial charge < -0.3 is 14.8 Å². The van der Waals surface area contributed by atoms with E-state index in [1.165, 1.54) is 6.21 Å². The quantitative estimate of drug-likeness (QED) is 0.231. The molecule has 0 unspecified atom stereocenters. The Morgan fingerprint density at radius 2 is 1.66 bits per heavy atom. The molecule has 1 atom stereocenters. The van der Waals surface area contributed by atoms with Crippen molar-refractivity contribution in [3.05, 3.63) is 93.5 Å². The van der Waals surface area contributed by atoms with E-state index in [-0.39, 0.29) is 12.6 Å². The predicted molar refractivity (Wildman–Crippen MR) is 137 cm³/mol. The van der Waals surface area contributed by atoms with Gasteiger partial charge in [0.05, 0.1) is 18.9 Å². The molecular formula is C26H25Cl2N3O4. The minimum absolute atomic E-state index is 0.165. The van der Waals surface area contributed by atoms with E-state index in [0.717, 1.165) is 5.56 Å². The van der Waals surface area contributed by atoms with Gasteiger partial charge in [-0.05, 0) is 55.3 Å². The fraction of sp³-hybridized carbons (Fsp3) is 0.192. The first kappa shape index (κ1) is 26.1. The van der Waals surface area contributed by atoms with Gasteiger partial charge in [0.25, 0.3) is 0 Å². The first-order valence-corrected chi connectivity index (χ1v) is 11.7. The molecule has 0 aliphatic heterocycles. The summed E-state index contributed by atoms with van der Waals surface area (Å²) in [4.78, 5) is 24.2. The monoisotopic (exact) mass is 513 g/mol. The molecule has 3 rings (SSSR count). The van der Waals surface area contributed by atoms with Crippen molar-refractivity contribution >= 4 is 41.2 Å². The van der Waals surface area contributed by atoms with Gasteiger partial charge >= 0.3 is 11.8 Å². The number of amides is 2. The van der Waals surface area contributed by atoms with Gasteiger partial charge in [-0.15, -0.1) is 0 Å². The molecule has 0 spiro atoms. The van der Waals surface area contributed by atoms with E-state index >= 15 is 0 Å². The van der Waals surface area contributed by atoms with Crippen molar-refractivity contribution in [2.45, 2.75) is 26.5 Å². The molecule has 0 heterocycles. The van der Waals surface area contributed by atoms with Crippen LogP contribution in [0.25, 0.3) is 0 Å². The lowest BCUT2D eigenvalue weighted by molar-refractivity contribution is -0.139. The first-order chi connectivity index (χ1) is 16.9. The van der Waals surface area contributed by atoms with Gasteiger partial charge in [0.1, 0.15) is 6.61 Å². The highest BCUT2D eigenvalue weighted by Gasteiger charge is 2.16. The number of hydrogen-bond acceptors (Lipinski definition) is 5. The van der Waals surface area contributed by atoms with Gasteiger partial charge in [0.15, 0.2) is 11.5 Å². The second kappa shape index (κ2) is 12.8. The van der Waals surface area contributed by atoms with Crippen LogP contribution in [0.4, 0.5) is 0 Å². The number of carbonyl (C=O) groups is 2. The summed E-state index contributed by atoms with van der Waals surface area (Å²) >= 11 is 12.4. The maximum absolute atomic E-state index is 12.1. The molecule has 3 aromatic rings. The van der Waals surface area contributed by atoms with E-state index in [1.807, 2.05) is 37.3 Å².